The second kappa shape index (κ2) is 17.9. The average Bonchev–Trinajstić information content (AvgIpc) is 2.62. The van der Waals surface area contributed by atoms with E-state index in [1.165, 1.54) is 95.9 Å². The van der Waals surface area contributed by atoms with Gasteiger partial charge in [0.2, 0.25) is 5.60 Å². The van der Waals surface area contributed by atoms with Crippen molar-refractivity contribution in [3.63, 3.8) is 0 Å². The lowest BCUT2D eigenvalue weighted by molar-refractivity contribution is -0.294. The van der Waals surface area contributed by atoms with Crippen LogP contribution in [0.4, 0.5) is 0 Å². The van der Waals surface area contributed by atoms with Crippen molar-refractivity contribution in [1.29, 1.82) is 0 Å². The van der Waals surface area contributed by atoms with Crippen LogP contribution in [0.5, 0.6) is 0 Å². The van der Waals surface area contributed by atoms with E-state index >= 15 is 0 Å². The molecule has 0 aromatic heterocycles. The Balaban J connectivity index is 3.23. The highest BCUT2D eigenvalue weighted by Gasteiger charge is 2.28. The zero-order chi connectivity index (χ0) is 17.9. The van der Waals surface area contributed by atoms with Crippen molar-refractivity contribution in [3.8, 4) is 0 Å². The van der Waals surface area contributed by atoms with E-state index in [1.807, 2.05) is 0 Å². The summed E-state index contributed by atoms with van der Waals surface area (Å²) in [6.45, 7) is 2.29. The Morgan fingerprint density at radius 2 is 0.875 bits per heavy atom. The molecule has 0 bridgehead atoms. The van der Waals surface area contributed by atoms with Gasteiger partial charge in [-0.1, -0.05) is 103 Å². The van der Waals surface area contributed by atoms with Gasteiger partial charge >= 0.3 is 0 Å². The van der Waals surface area contributed by atoms with Crippen LogP contribution < -0.4 is 0 Å². The number of methoxy groups -OCH3 is 3. The molecule has 0 N–H and O–H groups in total. The maximum absolute atomic E-state index is 5.37. The molecular formula is C20H44O3Si. The topological polar surface area (TPSA) is 27.7 Å². The molecule has 3 nitrogen and oxygen atoms in total. The maximum atomic E-state index is 5.37. The number of unbranched alkanes of at least 4 members (excludes halogenated alkanes) is 13. The Kier molecular flexibility index (Phi) is 18.0. The van der Waals surface area contributed by atoms with Crippen LogP contribution in [-0.4, -0.2) is 36.4 Å². The molecule has 146 valence electrons. The van der Waals surface area contributed by atoms with E-state index in [0.717, 1.165) is 0 Å². The molecule has 0 aliphatic carbocycles. The number of hydrogen-bond acceptors (Lipinski definition) is 3. The van der Waals surface area contributed by atoms with E-state index in [9.17, 15) is 0 Å². The van der Waals surface area contributed by atoms with Crippen LogP contribution in [-0.2, 0) is 14.2 Å². The first kappa shape index (κ1) is 24.1. The minimum Gasteiger partial charge on any atom is -0.335 e. The molecule has 0 saturated heterocycles. The lowest BCUT2D eigenvalue weighted by atomic mass is 10.0. The molecule has 0 rings (SSSR count). The molecule has 0 amide bonds. The van der Waals surface area contributed by atoms with Crippen LogP contribution in [0.15, 0.2) is 0 Å². The molecule has 0 fully saturated rings. The summed E-state index contributed by atoms with van der Waals surface area (Å²) in [6.07, 6.45) is 19.8. The molecule has 0 spiro atoms. The van der Waals surface area contributed by atoms with E-state index in [4.69, 9.17) is 14.2 Å². The third-order valence-electron chi connectivity index (χ3n) is 5.02. The lowest BCUT2D eigenvalue weighted by Crippen LogP contribution is -2.42. The molecule has 0 radical (unpaired) electrons. The van der Waals surface area contributed by atoms with E-state index in [-0.39, 0.29) is 0 Å². The number of hydrogen-bond donors (Lipinski definition) is 0. The Bertz CT molecular complexity index is 237. The summed E-state index contributed by atoms with van der Waals surface area (Å²) in [5.41, 5.74) is -0.698. The average molecular weight is 361 g/mol. The summed E-state index contributed by atoms with van der Waals surface area (Å²) in [4.78, 5) is 0. The molecule has 0 aliphatic rings. The van der Waals surface area contributed by atoms with Crippen molar-refractivity contribution in [1.82, 2.24) is 0 Å². The Hall–Kier alpha value is 0.0969. The first-order chi connectivity index (χ1) is 11.7. The fraction of sp³-hybridized carbons (Fsp3) is 1.00. The van der Waals surface area contributed by atoms with Crippen LogP contribution in [0.3, 0.4) is 0 Å². The van der Waals surface area contributed by atoms with E-state index in [1.54, 1.807) is 21.3 Å². The van der Waals surface area contributed by atoms with Gasteiger partial charge in [-0.15, -0.1) is 0 Å². The number of ether oxygens (including phenoxy) is 3. The Morgan fingerprint density at radius 1 is 0.542 bits per heavy atom. The Labute approximate surface area is 154 Å². The molecule has 0 aromatic carbocycles. The smallest absolute Gasteiger partial charge is 0.248 e. The highest BCUT2D eigenvalue weighted by atomic mass is 28.2. The van der Waals surface area contributed by atoms with E-state index in [0.29, 0.717) is 0 Å². The highest BCUT2D eigenvalue weighted by molar-refractivity contribution is 6.38. The maximum Gasteiger partial charge on any atom is 0.248 e. The third kappa shape index (κ3) is 13.4. The second-order valence-corrected chi connectivity index (χ2v) is 9.07. The summed E-state index contributed by atoms with van der Waals surface area (Å²) in [7, 11) is 4.51. The summed E-state index contributed by atoms with van der Waals surface area (Å²) in [5.74, 6) is 0. The predicted octanol–water partition coefficient (Wildman–Crippen LogP) is 5.61. The molecule has 0 aromatic rings. The minimum atomic E-state index is -0.698. The van der Waals surface area contributed by atoms with Crippen LogP contribution in [0.1, 0.15) is 96.8 Å². The SMILES string of the molecule is CCCCCCCCCCCCCCCC[SiH2]C(OC)(OC)OC. The minimum absolute atomic E-state index is 0.510. The van der Waals surface area contributed by atoms with E-state index < -0.39 is 15.1 Å². The largest absolute Gasteiger partial charge is 0.335 e. The summed E-state index contributed by atoms with van der Waals surface area (Å²) < 4.78 is 16.1. The van der Waals surface area contributed by atoms with E-state index in [2.05, 4.69) is 6.92 Å². The highest BCUT2D eigenvalue weighted by Crippen LogP contribution is 2.16. The fourth-order valence-electron chi connectivity index (χ4n) is 3.27. The van der Waals surface area contributed by atoms with Crippen molar-refractivity contribution in [3.05, 3.63) is 0 Å². The molecule has 0 aliphatic heterocycles. The van der Waals surface area contributed by atoms with Crippen LogP contribution in [0.2, 0.25) is 6.04 Å². The van der Waals surface area contributed by atoms with Crippen LogP contribution in [0.25, 0.3) is 0 Å². The van der Waals surface area contributed by atoms with Crippen LogP contribution >= 0.6 is 0 Å². The summed E-state index contributed by atoms with van der Waals surface area (Å²) in [6, 6.07) is 1.23. The van der Waals surface area contributed by atoms with Gasteiger partial charge in [-0.2, -0.15) is 0 Å². The van der Waals surface area contributed by atoms with Gasteiger partial charge in [0.1, 0.15) is 9.52 Å². The van der Waals surface area contributed by atoms with Crippen molar-refractivity contribution >= 4 is 9.52 Å². The van der Waals surface area contributed by atoms with Gasteiger partial charge in [0.15, 0.2) is 0 Å². The predicted molar refractivity (Wildman–Crippen MR) is 107 cm³/mol. The lowest BCUT2D eigenvalue weighted by Gasteiger charge is -2.28. The van der Waals surface area contributed by atoms with Crippen molar-refractivity contribution in [2.24, 2.45) is 0 Å². The van der Waals surface area contributed by atoms with Gasteiger partial charge in [0.05, 0.1) is 0 Å². The molecule has 0 unspecified atom stereocenters. The summed E-state index contributed by atoms with van der Waals surface area (Å²) in [5, 5.41) is 0. The third-order valence-corrected chi connectivity index (χ3v) is 7.35. The van der Waals surface area contributed by atoms with Crippen molar-refractivity contribution < 1.29 is 14.2 Å². The molecule has 0 atom stereocenters. The molecular weight excluding hydrogens is 316 g/mol. The van der Waals surface area contributed by atoms with Gasteiger partial charge in [0.25, 0.3) is 0 Å². The second-order valence-electron chi connectivity index (χ2n) is 7.00. The van der Waals surface area contributed by atoms with Gasteiger partial charge in [-0.25, -0.2) is 0 Å². The van der Waals surface area contributed by atoms with Gasteiger partial charge < -0.3 is 14.2 Å². The van der Waals surface area contributed by atoms with Gasteiger partial charge in [0, 0.05) is 21.3 Å². The molecule has 0 heterocycles. The first-order valence-corrected chi connectivity index (χ1v) is 12.1. The zero-order valence-electron chi connectivity index (χ0n) is 17.0. The van der Waals surface area contributed by atoms with Crippen LogP contribution in [0, 0.1) is 0 Å². The van der Waals surface area contributed by atoms with Crippen molar-refractivity contribution in [2.45, 2.75) is 108 Å². The molecule has 0 saturated carbocycles. The Morgan fingerprint density at radius 3 is 1.21 bits per heavy atom. The van der Waals surface area contributed by atoms with Crippen molar-refractivity contribution in [2.75, 3.05) is 21.3 Å². The standard InChI is InChI=1S/C20H44O3Si/c1-5-6-7-8-9-10-11-12-13-14-15-16-17-18-19-24-20(21-2,22-3)23-4/h5-19,24H2,1-4H3. The molecule has 4 heteroatoms. The zero-order valence-corrected chi connectivity index (χ0v) is 18.5. The summed E-state index contributed by atoms with van der Waals surface area (Å²) >= 11 is 0. The first-order valence-electron chi connectivity index (χ1n) is 10.4. The quantitative estimate of drug-likeness (QED) is 0.170. The van der Waals surface area contributed by atoms with Gasteiger partial charge in [-0.3, -0.25) is 0 Å². The fourth-order valence-corrected chi connectivity index (χ4v) is 4.92. The number of rotatable bonds is 19. The normalized spacial score (nSPS) is 12.5. The monoisotopic (exact) mass is 360 g/mol. The molecule has 24 heavy (non-hydrogen) atoms. The van der Waals surface area contributed by atoms with Gasteiger partial charge in [-0.05, 0) is 0 Å².